The van der Waals surface area contributed by atoms with Gasteiger partial charge in [-0.25, -0.2) is 4.39 Å². The molecule has 0 N–H and O–H groups in total. The normalized spacial score (nSPS) is 19.4. The Balaban J connectivity index is 1.80. The summed E-state index contributed by atoms with van der Waals surface area (Å²) in [6.07, 6.45) is 1.99. The number of hydrogen-bond donors (Lipinski definition) is 0. The molecule has 1 aliphatic heterocycles. The van der Waals surface area contributed by atoms with Gasteiger partial charge in [0.05, 0.1) is 0 Å². The number of benzene rings is 2. The lowest BCUT2D eigenvalue weighted by Gasteiger charge is -2.30. The Kier molecular flexibility index (Phi) is 3.24. The van der Waals surface area contributed by atoms with Crippen LogP contribution >= 0.6 is 0 Å². The fraction of sp³-hybridized carbons (Fsp3) is 0.294. The molecule has 0 saturated carbocycles. The Hall–Kier alpha value is -1.83. The number of hydrogen-bond acceptors (Lipinski definition) is 1. The Morgan fingerprint density at radius 3 is 2.74 bits per heavy atom. The van der Waals surface area contributed by atoms with E-state index in [4.69, 9.17) is 4.74 Å². The standard InChI is InChI=1S/C17H17FO/c1-12(13-5-3-2-4-6-13)16-9-7-14-11-15(18)8-10-17(14)19-16/h2-6,8,10-12,16H,7,9H2,1H3/t12?,16-/m0/s1. The molecule has 0 saturated heterocycles. The molecule has 3 rings (SSSR count). The lowest BCUT2D eigenvalue weighted by molar-refractivity contribution is 0.149. The minimum absolute atomic E-state index is 0.167. The highest BCUT2D eigenvalue weighted by Gasteiger charge is 2.25. The first-order valence-corrected chi connectivity index (χ1v) is 6.74. The van der Waals surface area contributed by atoms with E-state index in [9.17, 15) is 4.39 Å². The highest BCUT2D eigenvalue weighted by atomic mass is 19.1. The molecule has 0 bridgehead atoms. The maximum absolute atomic E-state index is 13.2. The number of rotatable bonds is 2. The molecule has 19 heavy (non-hydrogen) atoms. The fourth-order valence-electron chi connectivity index (χ4n) is 2.70. The van der Waals surface area contributed by atoms with E-state index in [1.807, 2.05) is 6.07 Å². The molecule has 0 aromatic heterocycles. The van der Waals surface area contributed by atoms with E-state index < -0.39 is 0 Å². The molecule has 98 valence electrons. The summed E-state index contributed by atoms with van der Waals surface area (Å²) in [4.78, 5) is 0. The van der Waals surface area contributed by atoms with Crippen molar-refractivity contribution in [2.45, 2.75) is 31.8 Å². The maximum atomic E-state index is 13.2. The molecule has 1 unspecified atom stereocenters. The van der Waals surface area contributed by atoms with Crippen molar-refractivity contribution in [2.24, 2.45) is 0 Å². The lowest BCUT2D eigenvalue weighted by atomic mass is 9.89. The zero-order valence-corrected chi connectivity index (χ0v) is 11.0. The van der Waals surface area contributed by atoms with Gasteiger partial charge in [-0.05, 0) is 42.2 Å². The minimum Gasteiger partial charge on any atom is -0.490 e. The molecular weight excluding hydrogens is 239 g/mol. The third-order valence-corrected chi connectivity index (χ3v) is 3.88. The quantitative estimate of drug-likeness (QED) is 0.777. The van der Waals surface area contributed by atoms with Crippen molar-refractivity contribution in [3.8, 4) is 5.75 Å². The molecule has 2 heteroatoms. The second-order valence-corrected chi connectivity index (χ2v) is 5.15. The monoisotopic (exact) mass is 256 g/mol. The van der Waals surface area contributed by atoms with Crippen molar-refractivity contribution < 1.29 is 9.13 Å². The molecule has 0 aliphatic carbocycles. The van der Waals surface area contributed by atoms with Gasteiger partial charge in [0.1, 0.15) is 17.7 Å². The SMILES string of the molecule is CC(c1ccccc1)[C@@H]1CCc2cc(F)ccc2O1. The molecular formula is C17H17FO. The van der Waals surface area contributed by atoms with Gasteiger partial charge in [-0.2, -0.15) is 0 Å². The first-order valence-electron chi connectivity index (χ1n) is 6.74. The molecule has 2 atom stereocenters. The van der Waals surface area contributed by atoms with Gasteiger partial charge in [0.25, 0.3) is 0 Å². The molecule has 2 aromatic rings. The summed E-state index contributed by atoms with van der Waals surface area (Å²) in [7, 11) is 0. The third-order valence-electron chi connectivity index (χ3n) is 3.88. The highest BCUT2D eigenvalue weighted by molar-refractivity contribution is 5.36. The van der Waals surface area contributed by atoms with Gasteiger partial charge in [0, 0.05) is 5.92 Å². The van der Waals surface area contributed by atoms with Crippen molar-refractivity contribution in [1.29, 1.82) is 0 Å². The smallest absolute Gasteiger partial charge is 0.123 e. The van der Waals surface area contributed by atoms with E-state index in [1.165, 1.54) is 11.6 Å². The van der Waals surface area contributed by atoms with E-state index in [0.717, 1.165) is 24.2 Å². The zero-order chi connectivity index (χ0) is 13.2. The second-order valence-electron chi connectivity index (χ2n) is 5.15. The topological polar surface area (TPSA) is 9.23 Å². The average molecular weight is 256 g/mol. The van der Waals surface area contributed by atoms with Gasteiger partial charge in [-0.3, -0.25) is 0 Å². The van der Waals surface area contributed by atoms with Crippen LogP contribution < -0.4 is 4.74 Å². The van der Waals surface area contributed by atoms with Crippen molar-refractivity contribution >= 4 is 0 Å². The minimum atomic E-state index is -0.183. The molecule has 1 nitrogen and oxygen atoms in total. The van der Waals surface area contributed by atoms with Crippen LogP contribution in [0.15, 0.2) is 48.5 Å². The third kappa shape index (κ3) is 2.48. The first-order chi connectivity index (χ1) is 9.24. The zero-order valence-electron chi connectivity index (χ0n) is 11.0. The van der Waals surface area contributed by atoms with Gasteiger partial charge < -0.3 is 4.74 Å². The lowest BCUT2D eigenvalue weighted by Crippen LogP contribution is -2.28. The number of aryl methyl sites for hydroxylation is 1. The Labute approximate surface area is 113 Å². The van der Waals surface area contributed by atoms with Crippen molar-refractivity contribution in [3.05, 3.63) is 65.5 Å². The molecule has 1 heterocycles. The van der Waals surface area contributed by atoms with E-state index in [1.54, 1.807) is 12.1 Å². The number of fused-ring (bicyclic) bond motifs is 1. The van der Waals surface area contributed by atoms with Gasteiger partial charge in [-0.1, -0.05) is 37.3 Å². The van der Waals surface area contributed by atoms with Crippen LogP contribution in [0.5, 0.6) is 5.75 Å². The van der Waals surface area contributed by atoms with Crippen molar-refractivity contribution in [3.63, 3.8) is 0 Å². The van der Waals surface area contributed by atoms with Crippen LogP contribution in [0.2, 0.25) is 0 Å². The predicted octanol–water partition coefficient (Wildman–Crippen LogP) is 4.32. The summed E-state index contributed by atoms with van der Waals surface area (Å²) in [6.45, 7) is 2.19. The van der Waals surface area contributed by atoms with Crippen molar-refractivity contribution in [2.75, 3.05) is 0 Å². The van der Waals surface area contributed by atoms with E-state index in [2.05, 4.69) is 31.2 Å². The van der Waals surface area contributed by atoms with Crippen LogP contribution in [-0.4, -0.2) is 6.10 Å². The molecule has 1 aliphatic rings. The molecule has 0 radical (unpaired) electrons. The number of halogens is 1. The van der Waals surface area contributed by atoms with Crippen LogP contribution in [0.1, 0.15) is 30.4 Å². The highest BCUT2D eigenvalue weighted by Crippen LogP contribution is 2.33. The van der Waals surface area contributed by atoms with Crippen LogP contribution in [0, 0.1) is 5.82 Å². The van der Waals surface area contributed by atoms with Crippen LogP contribution in [0.4, 0.5) is 4.39 Å². The van der Waals surface area contributed by atoms with Crippen LogP contribution in [0.25, 0.3) is 0 Å². The largest absolute Gasteiger partial charge is 0.490 e. The summed E-state index contributed by atoms with van der Waals surface area (Å²) in [5.41, 5.74) is 2.27. The Morgan fingerprint density at radius 1 is 1.16 bits per heavy atom. The summed E-state index contributed by atoms with van der Waals surface area (Å²) in [6, 6.07) is 15.2. The average Bonchev–Trinajstić information content (AvgIpc) is 2.47. The van der Waals surface area contributed by atoms with Gasteiger partial charge in [0.15, 0.2) is 0 Å². The Morgan fingerprint density at radius 2 is 1.95 bits per heavy atom. The fourth-order valence-corrected chi connectivity index (χ4v) is 2.70. The maximum Gasteiger partial charge on any atom is 0.123 e. The molecule has 0 spiro atoms. The Bertz CT molecular complexity index is 565. The van der Waals surface area contributed by atoms with Crippen molar-refractivity contribution in [1.82, 2.24) is 0 Å². The second kappa shape index (κ2) is 5.04. The summed E-state index contributed by atoms with van der Waals surface area (Å²) in [5, 5.41) is 0. The van der Waals surface area contributed by atoms with Crippen LogP contribution in [-0.2, 0) is 6.42 Å². The van der Waals surface area contributed by atoms with Gasteiger partial charge >= 0.3 is 0 Å². The summed E-state index contributed by atoms with van der Waals surface area (Å²) >= 11 is 0. The van der Waals surface area contributed by atoms with E-state index in [-0.39, 0.29) is 11.9 Å². The summed E-state index contributed by atoms with van der Waals surface area (Å²) < 4.78 is 19.2. The van der Waals surface area contributed by atoms with Gasteiger partial charge in [0.2, 0.25) is 0 Å². The number of ether oxygens (including phenoxy) is 1. The predicted molar refractivity (Wildman–Crippen MR) is 74.0 cm³/mol. The van der Waals surface area contributed by atoms with E-state index in [0.29, 0.717) is 5.92 Å². The van der Waals surface area contributed by atoms with E-state index >= 15 is 0 Å². The first kappa shape index (κ1) is 12.2. The molecule has 2 aromatic carbocycles. The molecule has 0 amide bonds. The molecule has 0 fully saturated rings. The summed E-state index contributed by atoms with van der Waals surface area (Å²) in [5.74, 6) is 0.997. The van der Waals surface area contributed by atoms with Crippen LogP contribution in [0.3, 0.4) is 0 Å². The van der Waals surface area contributed by atoms with Gasteiger partial charge in [-0.15, -0.1) is 0 Å².